The Balaban J connectivity index is 1.76. The van der Waals surface area contributed by atoms with Gasteiger partial charge in [0.15, 0.2) is 5.22 Å². The van der Waals surface area contributed by atoms with E-state index >= 15 is 0 Å². The van der Waals surface area contributed by atoms with E-state index in [0.29, 0.717) is 11.1 Å². The number of hydrogen-bond donors (Lipinski definition) is 2. The molecule has 0 aromatic carbocycles. The highest BCUT2D eigenvalue weighted by Crippen LogP contribution is 2.42. The molecule has 0 amide bonds. The lowest BCUT2D eigenvalue weighted by Crippen LogP contribution is -2.47. The third-order valence-corrected chi connectivity index (χ3v) is 4.87. The van der Waals surface area contributed by atoms with E-state index in [9.17, 15) is 0 Å². The molecule has 112 valence electrons. The summed E-state index contributed by atoms with van der Waals surface area (Å²) in [4.78, 5) is 0. The molecule has 0 radical (unpaired) electrons. The van der Waals surface area contributed by atoms with Crippen LogP contribution in [0.25, 0.3) is 0 Å². The maximum Gasteiger partial charge on any atom is 0.197 e. The van der Waals surface area contributed by atoms with E-state index in [1.807, 2.05) is 6.07 Å². The second-order valence-corrected chi connectivity index (χ2v) is 6.03. The zero-order chi connectivity index (χ0) is 14.0. The second kappa shape index (κ2) is 6.03. The van der Waals surface area contributed by atoms with Crippen molar-refractivity contribution in [3.8, 4) is 0 Å². The van der Waals surface area contributed by atoms with Crippen LogP contribution in [0.3, 0.4) is 0 Å². The summed E-state index contributed by atoms with van der Waals surface area (Å²) in [5.41, 5.74) is 3.79. The van der Waals surface area contributed by atoms with Gasteiger partial charge in [-0.1, -0.05) is 0 Å². The number of hydrazine groups is 1. The van der Waals surface area contributed by atoms with Crippen molar-refractivity contribution in [1.29, 1.82) is 0 Å². The summed E-state index contributed by atoms with van der Waals surface area (Å²) in [5, 5.41) is 0.417. The number of nitrogens with one attached hydrogen (secondary N) is 1. The molecule has 2 fully saturated rings. The van der Waals surface area contributed by atoms with Crippen molar-refractivity contribution in [2.75, 3.05) is 19.8 Å². The zero-order valence-electron chi connectivity index (χ0n) is 11.4. The molecule has 2 saturated heterocycles. The van der Waals surface area contributed by atoms with Crippen molar-refractivity contribution in [3.63, 3.8) is 0 Å². The standard InChI is InChI=1S/C14H21ClN2O3/c15-13-11(2-5-19-13)12(17-16)10-1-6-20-14(9-10)3-7-18-8-4-14/h2,5,10,12,17H,1,3-4,6-9,16H2. The van der Waals surface area contributed by atoms with Crippen molar-refractivity contribution >= 4 is 11.6 Å². The Morgan fingerprint density at radius 3 is 2.80 bits per heavy atom. The number of hydrogen-bond acceptors (Lipinski definition) is 5. The molecule has 2 unspecified atom stereocenters. The normalized spacial score (nSPS) is 27.6. The first-order chi connectivity index (χ1) is 9.74. The lowest BCUT2D eigenvalue weighted by atomic mass is 9.76. The minimum atomic E-state index is -0.0491. The van der Waals surface area contributed by atoms with E-state index in [1.165, 1.54) is 0 Å². The molecule has 1 aromatic rings. The Labute approximate surface area is 123 Å². The van der Waals surface area contributed by atoms with E-state index in [2.05, 4.69) is 5.43 Å². The van der Waals surface area contributed by atoms with Gasteiger partial charge in [-0.2, -0.15) is 0 Å². The smallest absolute Gasteiger partial charge is 0.197 e. The fourth-order valence-corrected chi connectivity index (χ4v) is 3.68. The topological polar surface area (TPSA) is 69.7 Å². The van der Waals surface area contributed by atoms with Gasteiger partial charge in [0.2, 0.25) is 0 Å². The highest BCUT2D eigenvalue weighted by atomic mass is 35.5. The SMILES string of the molecule is NNC(c1ccoc1Cl)C1CCOC2(CCOCC2)C1. The molecule has 0 saturated carbocycles. The summed E-state index contributed by atoms with van der Waals surface area (Å²) in [5.74, 6) is 6.16. The van der Waals surface area contributed by atoms with Gasteiger partial charge in [-0.3, -0.25) is 11.3 Å². The number of rotatable bonds is 3. The molecule has 1 spiro atoms. The molecule has 0 bridgehead atoms. The van der Waals surface area contributed by atoms with Crippen LogP contribution in [-0.2, 0) is 9.47 Å². The molecule has 20 heavy (non-hydrogen) atoms. The molecular formula is C14H21ClN2O3. The lowest BCUT2D eigenvalue weighted by Gasteiger charge is -2.45. The van der Waals surface area contributed by atoms with Crippen molar-refractivity contribution in [2.24, 2.45) is 11.8 Å². The van der Waals surface area contributed by atoms with Gasteiger partial charge < -0.3 is 13.9 Å². The highest BCUT2D eigenvalue weighted by molar-refractivity contribution is 6.29. The summed E-state index contributed by atoms with van der Waals surface area (Å²) >= 11 is 6.10. The molecule has 1 aromatic heterocycles. The van der Waals surface area contributed by atoms with Crippen LogP contribution in [-0.4, -0.2) is 25.4 Å². The minimum absolute atomic E-state index is 0.00451. The monoisotopic (exact) mass is 300 g/mol. The number of furan rings is 1. The molecule has 2 aliphatic rings. The molecule has 2 atom stereocenters. The Hall–Kier alpha value is -0.590. The summed E-state index contributed by atoms with van der Waals surface area (Å²) in [7, 11) is 0. The van der Waals surface area contributed by atoms with Crippen LogP contribution in [0.1, 0.15) is 37.3 Å². The maximum atomic E-state index is 6.10. The molecule has 2 aliphatic heterocycles. The minimum Gasteiger partial charge on any atom is -0.453 e. The molecule has 3 N–H and O–H groups in total. The molecule has 5 nitrogen and oxygen atoms in total. The number of ether oxygens (including phenoxy) is 2. The van der Waals surface area contributed by atoms with Crippen molar-refractivity contribution in [1.82, 2.24) is 5.43 Å². The summed E-state index contributed by atoms with van der Waals surface area (Å²) in [6.45, 7) is 2.32. The maximum absolute atomic E-state index is 6.10. The number of nitrogens with two attached hydrogens (primary N) is 1. The quantitative estimate of drug-likeness (QED) is 0.663. The Morgan fingerprint density at radius 2 is 2.15 bits per heavy atom. The van der Waals surface area contributed by atoms with Crippen LogP contribution < -0.4 is 11.3 Å². The summed E-state index contributed by atoms with van der Waals surface area (Å²) in [6, 6.07) is 1.89. The van der Waals surface area contributed by atoms with Crippen molar-refractivity contribution in [3.05, 3.63) is 23.1 Å². The van der Waals surface area contributed by atoms with Crippen molar-refractivity contribution < 1.29 is 13.9 Å². The van der Waals surface area contributed by atoms with Crippen LogP contribution in [0.4, 0.5) is 0 Å². The first-order valence-corrected chi connectivity index (χ1v) is 7.53. The van der Waals surface area contributed by atoms with E-state index < -0.39 is 0 Å². The van der Waals surface area contributed by atoms with Crippen molar-refractivity contribution in [2.45, 2.75) is 37.3 Å². The van der Waals surface area contributed by atoms with E-state index in [4.69, 9.17) is 31.3 Å². The highest BCUT2D eigenvalue weighted by Gasteiger charge is 2.42. The van der Waals surface area contributed by atoms with Crippen LogP contribution in [0, 0.1) is 5.92 Å². The third-order valence-electron chi connectivity index (χ3n) is 4.57. The molecule has 6 heteroatoms. The summed E-state index contributed by atoms with van der Waals surface area (Å²) in [6.07, 6.45) is 5.47. The van der Waals surface area contributed by atoms with Crippen LogP contribution in [0.15, 0.2) is 16.7 Å². The largest absolute Gasteiger partial charge is 0.453 e. The van der Waals surface area contributed by atoms with Crippen LogP contribution in [0.2, 0.25) is 5.22 Å². The predicted molar refractivity (Wildman–Crippen MR) is 75.2 cm³/mol. The lowest BCUT2D eigenvalue weighted by molar-refractivity contribution is -0.150. The van der Waals surface area contributed by atoms with Gasteiger partial charge in [0.25, 0.3) is 0 Å². The predicted octanol–water partition coefficient (Wildman–Crippen LogP) is 2.41. The first-order valence-electron chi connectivity index (χ1n) is 7.15. The van der Waals surface area contributed by atoms with Gasteiger partial charge in [-0.05, 0) is 49.3 Å². The average molecular weight is 301 g/mol. The molecule has 0 aliphatic carbocycles. The fourth-order valence-electron chi connectivity index (χ4n) is 3.45. The van der Waals surface area contributed by atoms with E-state index in [-0.39, 0.29) is 11.6 Å². The first kappa shape index (κ1) is 14.4. The Bertz CT molecular complexity index is 440. The Morgan fingerprint density at radius 1 is 1.35 bits per heavy atom. The van der Waals surface area contributed by atoms with Crippen LogP contribution in [0.5, 0.6) is 0 Å². The number of halogens is 1. The van der Waals surface area contributed by atoms with Gasteiger partial charge >= 0.3 is 0 Å². The molecule has 3 rings (SSSR count). The van der Waals surface area contributed by atoms with Gasteiger partial charge in [-0.25, -0.2) is 0 Å². The van der Waals surface area contributed by atoms with Gasteiger partial charge in [0, 0.05) is 25.4 Å². The Kier molecular flexibility index (Phi) is 4.33. The van der Waals surface area contributed by atoms with Gasteiger partial charge in [0.1, 0.15) is 0 Å². The zero-order valence-corrected chi connectivity index (χ0v) is 12.2. The summed E-state index contributed by atoms with van der Waals surface area (Å²) < 4.78 is 16.7. The van der Waals surface area contributed by atoms with E-state index in [1.54, 1.807) is 6.26 Å². The van der Waals surface area contributed by atoms with Gasteiger partial charge in [-0.15, -0.1) is 0 Å². The molecular weight excluding hydrogens is 280 g/mol. The second-order valence-electron chi connectivity index (χ2n) is 5.69. The fraction of sp³-hybridized carbons (Fsp3) is 0.714. The average Bonchev–Trinajstić information content (AvgIpc) is 2.87. The van der Waals surface area contributed by atoms with Crippen LogP contribution >= 0.6 is 11.6 Å². The van der Waals surface area contributed by atoms with Gasteiger partial charge in [0.05, 0.1) is 17.9 Å². The molecule has 3 heterocycles. The van der Waals surface area contributed by atoms with E-state index in [0.717, 1.165) is 51.1 Å². The third kappa shape index (κ3) is 2.73.